The normalized spacial score (nSPS) is 16.8. The summed E-state index contributed by atoms with van der Waals surface area (Å²) < 4.78 is 0. The van der Waals surface area contributed by atoms with Crippen molar-refractivity contribution in [3.05, 3.63) is 47.5 Å². The third-order valence-corrected chi connectivity index (χ3v) is 4.66. The number of hydrazine groups is 1. The number of carbonyl (C=O) groups excluding carboxylic acids is 2. The smallest absolute Gasteiger partial charge is 0.258 e. The lowest BCUT2D eigenvalue weighted by Crippen LogP contribution is -2.40. The summed E-state index contributed by atoms with van der Waals surface area (Å²) in [7, 11) is 0. The minimum atomic E-state index is -0.279. The zero-order valence-corrected chi connectivity index (χ0v) is 14.6. The molecule has 0 aliphatic carbocycles. The molecule has 5 heteroatoms. The van der Waals surface area contributed by atoms with Crippen molar-refractivity contribution in [2.45, 2.75) is 38.5 Å². The maximum absolute atomic E-state index is 12.4. The lowest BCUT2D eigenvalue weighted by molar-refractivity contribution is -0.122. The number of fused-ring (bicyclic) bond motifs is 3. The molecular weight excluding hydrogens is 314 g/mol. The fourth-order valence-electron chi connectivity index (χ4n) is 3.39. The van der Waals surface area contributed by atoms with Crippen LogP contribution in [-0.4, -0.2) is 24.9 Å². The summed E-state index contributed by atoms with van der Waals surface area (Å²) in [5.41, 5.74) is 7.85. The van der Waals surface area contributed by atoms with Crippen LogP contribution in [-0.2, 0) is 4.79 Å². The van der Waals surface area contributed by atoms with Crippen molar-refractivity contribution in [1.29, 1.82) is 0 Å². The Bertz CT molecular complexity index is 773. The molecule has 0 saturated carbocycles. The summed E-state index contributed by atoms with van der Waals surface area (Å²) in [6.45, 7) is 3.95. The van der Waals surface area contributed by atoms with E-state index in [1.807, 2.05) is 36.4 Å². The maximum Gasteiger partial charge on any atom is 0.258 e. The third-order valence-electron chi connectivity index (χ3n) is 4.66. The zero-order valence-electron chi connectivity index (χ0n) is 14.6. The van der Waals surface area contributed by atoms with Gasteiger partial charge in [-0.05, 0) is 35.6 Å². The molecule has 132 valence electrons. The van der Waals surface area contributed by atoms with Crippen LogP contribution < -0.4 is 16.2 Å². The molecule has 0 bridgehead atoms. The summed E-state index contributed by atoms with van der Waals surface area (Å²) in [5, 5.41) is 4.48. The highest BCUT2D eigenvalue weighted by Gasteiger charge is 2.32. The Hall–Kier alpha value is -2.24. The Morgan fingerprint density at radius 2 is 1.80 bits per heavy atom. The lowest BCUT2D eigenvalue weighted by atomic mass is 9.84. The summed E-state index contributed by atoms with van der Waals surface area (Å²) in [4.78, 5) is 24.7. The largest absolute Gasteiger partial charge is 0.292 e. The molecule has 3 rings (SSSR count). The van der Waals surface area contributed by atoms with Crippen LogP contribution in [0.2, 0.25) is 0 Å². The predicted molar refractivity (Wildman–Crippen MR) is 99.3 cm³/mol. The Balaban J connectivity index is 1.71. The molecule has 1 aliphatic heterocycles. The second-order valence-corrected chi connectivity index (χ2v) is 6.47. The van der Waals surface area contributed by atoms with Gasteiger partial charge in [-0.15, -0.1) is 0 Å². The van der Waals surface area contributed by atoms with E-state index < -0.39 is 0 Å². The number of nitrogens with one attached hydrogen (secondary N) is 3. The van der Waals surface area contributed by atoms with Gasteiger partial charge in [0.25, 0.3) is 5.91 Å². The number of benzene rings is 2. The van der Waals surface area contributed by atoms with Crippen LogP contribution in [0.15, 0.2) is 36.4 Å². The highest BCUT2D eigenvalue weighted by Crippen LogP contribution is 2.33. The quantitative estimate of drug-likeness (QED) is 0.393. The van der Waals surface area contributed by atoms with Crippen LogP contribution in [0.1, 0.15) is 54.4 Å². The number of hydrogen-bond donors (Lipinski definition) is 3. The predicted octanol–water partition coefficient (Wildman–Crippen LogP) is 2.87. The molecule has 0 spiro atoms. The number of unbranched alkanes of at least 4 members (excludes halogenated alkanes) is 1. The van der Waals surface area contributed by atoms with Gasteiger partial charge in [0.2, 0.25) is 5.91 Å². The van der Waals surface area contributed by atoms with Gasteiger partial charge in [-0.1, -0.05) is 49.7 Å². The van der Waals surface area contributed by atoms with Crippen molar-refractivity contribution in [2.75, 3.05) is 13.1 Å². The molecule has 3 N–H and O–H groups in total. The molecule has 0 aromatic heterocycles. The van der Waals surface area contributed by atoms with Crippen LogP contribution >= 0.6 is 0 Å². The first-order chi connectivity index (χ1) is 12.2. The van der Waals surface area contributed by atoms with E-state index in [1.165, 1.54) is 0 Å². The van der Waals surface area contributed by atoms with Gasteiger partial charge >= 0.3 is 0 Å². The van der Waals surface area contributed by atoms with Gasteiger partial charge in [-0.3, -0.25) is 25.8 Å². The number of amides is 2. The second-order valence-electron chi connectivity index (χ2n) is 6.47. The molecule has 1 atom stereocenters. The minimum absolute atomic E-state index is 0.176. The van der Waals surface area contributed by atoms with Crippen LogP contribution in [0.25, 0.3) is 10.8 Å². The zero-order chi connectivity index (χ0) is 17.6. The summed E-state index contributed by atoms with van der Waals surface area (Å²) in [6, 6.07) is 11.8. The number of carbonyl (C=O) groups is 2. The molecule has 2 aromatic carbocycles. The Morgan fingerprint density at radius 3 is 2.64 bits per heavy atom. The molecule has 1 aliphatic rings. The van der Waals surface area contributed by atoms with Crippen molar-refractivity contribution in [1.82, 2.24) is 16.2 Å². The van der Waals surface area contributed by atoms with Crippen molar-refractivity contribution in [2.24, 2.45) is 0 Å². The van der Waals surface area contributed by atoms with Crippen molar-refractivity contribution in [3.8, 4) is 0 Å². The summed E-state index contributed by atoms with van der Waals surface area (Å²) >= 11 is 0. The first-order valence-corrected chi connectivity index (χ1v) is 9.05. The number of hydrogen-bond acceptors (Lipinski definition) is 4. The Morgan fingerprint density at radius 1 is 1.00 bits per heavy atom. The average Bonchev–Trinajstić information content (AvgIpc) is 2.62. The third kappa shape index (κ3) is 3.89. The highest BCUT2D eigenvalue weighted by atomic mass is 16.2. The van der Waals surface area contributed by atoms with Gasteiger partial charge in [0.05, 0.1) is 11.5 Å². The number of imide groups is 1. The van der Waals surface area contributed by atoms with E-state index >= 15 is 0 Å². The molecule has 25 heavy (non-hydrogen) atoms. The molecule has 0 radical (unpaired) electrons. The first-order valence-electron chi connectivity index (χ1n) is 9.05. The molecule has 1 heterocycles. The molecule has 5 nitrogen and oxygen atoms in total. The van der Waals surface area contributed by atoms with E-state index in [0.29, 0.717) is 5.56 Å². The van der Waals surface area contributed by atoms with Gasteiger partial charge in [-0.25, -0.2) is 0 Å². The Kier molecular flexibility index (Phi) is 5.79. The van der Waals surface area contributed by atoms with E-state index in [1.54, 1.807) is 0 Å². The van der Waals surface area contributed by atoms with Gasteiger partial charge in [-0.2, -0.15) is 0 Å². The fraction of sp³-hybridized carbons (Fsp3) is 0.400. The summed E-state index contributed by atoms with van der Waals surface area (Å²) in [5.74, 6) is -0.704. The lowest BCUT2D eigenvalue weighted by Gasteiger charge is -2.25. The topological polar surface area (TPSA) is 70.2 Å². The van der Waals surface area contributed by atoms with Gasteiger partial charge in [0.15, 0.2) is 0 Å². The average molecular weight is 339 g/mol. The molecule has 0 saturated heterocycles. The highest BCUT2D eigenvalue weighted by molar-refractivity contribution is 6.17. The Labute approximate surface area is 148 Å². The van der Waals surface area contributed by atoms with Crippen molar-refractivity contribution < 1.29 is 9.59 Å². The van der Waals surface area contributed by atoms with Crippen molar-refractivity contribution in [3.63, 3.8) is 0 Å². The monoisotopic (exact) mass is 339 g/mol. The second kappa shape index (κ2) is 8.23. The van der Waals surface area contributed by atoms with Crippen LogP contribution in [0.4, 0.5) is 0 Å². The van der Waals surface area contributed by atoms with Gasteiger partial charge in [0.1, 0.15) is 0 Å². The van der Waals surface area contributed by atoms with Crippen LogP contribution in [0.3, 0.4) is 0 Å². The first kappa shape index (κ1) is 17.6. The van der Waals surface area contributed by atoms with E-state index in [-0.39, 0.29) is 17.7 Å². The van der Waals surface area contributed by atoms with E-state index in [0.717, 1.165) is 55.1 Å². The maximum atomic E-state index is 12.4. The van der Waals surface area contributed by atoms with E-state index in [2.05, 4.69) is 23.1 Å². The molecule has 0 fully saturated rings. The van der Waals surface area contributed by atoms with E-state index in [9.17, 15) is 9.59 Å². The molecule has 2 amide bonds. The van der Waals surface area contributed by atoms with Gasteiger partial charge < -0.3 is 0 Å². The van der Waals surface area contributed by atoms with Crippen LogP contribution in [0, 0.1) is 0 Å². The summed E-state index contributed by atoms with van der Waals surface area (Å²) in [6.07, 6.45) is 3.75. The molecule has 2 aromatic rings. The van der Waals surface area contributed by atoms with Crippen molar-refractivity contribution >= 4 is 22.6 Å². The van der Waals surface area contributed by atoms with E-state index in [4.69, 9.17) is 0 Å². The van der Waals surface area contributed by atoms with Crippen LogP contribution in [0.5, 0.6) is 0 Å². The van der Waals surface area contributed by atoms with Gasteiger partial charge in [0, 0.05) is 13.1 Å². The fourth-order valence-corrected chi connectivity index (χ4v) is 3.39. The standard InChI is InChI=1S/C20H25N3O2/c1-2-12-21-22-13-6-5-9-17-16-11-10-14-7-3-4-8-15(14)18(16)20(25)23-19(17)24/h3-4,7-8,10-11,17,21-22H,2,5-6,9,12-13H2,1H3,(H,23,24,25). The SMILES string of the molecule is CCCNNCCCCC1C(=O)NC(=O)c2c1ccc1ccccc21. The molecule has 1 unspecified atom stereocenters. The minimum Gasteiger partial charge on any atom is -0.292 e. The number of rotatable bonds is 8. The molecular formula is C20H25N3O2.